The SMILES string of the molecule is O=C(O)c1ccc(CC(=O)C2c3cn(-c4ccccc4)nc3CCN2C(=O)/C=C/c2cc(Cl)ccc2-n2cnnn2)cc1. The molecule has 12 heteroatoms. The van der Waals surface area contributed by atoms with Crippen LogP contribution in [0.15, 0.2) is 91.4 Å². The summed E-state index contributed by atoms with van der Waals surface area (Å²) in [5.74, 6) is -1.62. The van der Waals surface area contributed by atoms with E-state index < -0.39 is 12.0 Å². The van der Waals surface area contributed by atoms with Crippen molar-refractivity contribution in [1.29, 1.82) is 0 Å². The van der Waals surface area contributed by atoms with Crippen molar-refractivity contribution < 1.29 is 19.5 Å². The number of carbonyl (C=O) groups is 3. The second kappa shape index (κ2) is 11.8. The smallest absolute Gasteiger partial charge is 0.335 e. The van der Waals surface area contributed by atoms with Gasteiger partial charge in [0.25, 0.3) is 0 Å². The molecule has 0 radical (unpaired) electrons. The summed E-state index contributed by atoms with van der Waals surface area (Å²) in [6.07, 6.45) is 6.76. The predicted molar refractivity (Wildman–Crippen MR) is 157 cm³/mol. The van der Waals surface area contributed by atoms with E-state index in [0.717, 1.165) is 11.4 Å². The molecule has 3 heterocycles. The van der Waals surface area contributed by atoms with Crippen LogP contribution in [0.1, 0.15) is 38.8 Å². The Morgan fingerprint density at radius 3 is 2.51 bits per heavy atom. The number of nitrogens with zero attached hydrogens (tertiary/aromatic N) is 7. The maximum atomic E-state index is 13.9. The summed E-state index contributed by atoms with van der Waals surface area (Å²) in [5.41, 5.74) is 4.24. The average molecular weight is 594 g/mol. The summed E-state index contributed by atoms with van der Waals surface area (Å²) in [7, 11) is 0. The van der Waals surface area contributed by atoms with Crippen LogP contribution in [0.2, 0.25) is 5.02 Å². The molecule has 43 heavy (non-hydrogen) atoms. The molecular weight excluding hydrogens is 570 g/mol. The van der Waals surface area contributed by atoms with Crippen LogP contribution in [0, 0.1) is 0 Å². The fourth-order valence-electron chi connectivity index (χ4n) is 5.13. The third kappa shape index (κ3) is 5.84. The van der Waals surface area contributed by atoms with E-state index in [2.05, 4.69) is 15.5 Å². The first-order valence-corrected chi connectivity index (χ1v) is 13.8. The Kier molecular flexibility index (Phi) is 7.63. The van der Waals surface area contributed by atoms with Gasteiger partial charge < -0.3 is 10.0 Å². The van der Waals surface area contributed by atoms with E-state index in [1.54, 1.807) is 52.2 Å². The maximum absolute atomic E-state index is 13.9. The Bertz CT molecular complexity index is 1830. The van der Waals surface area contributed by atoms with Crippen LogP contribution in [-0.2, 0) is 22.4 Å². The van der Waals surface area contributed by atoms with E-state index >= 15 is 0 Å². The number of halogens is 1. The number of carboxylic acids is 1. The summed E-state index contributed by atoms with van der Waals surface area (Å²) in [5, 5.41) is 25.7. The number of tetrazole rings is 1. The van der Waals surface area contributed by atoms with Gasteiger partial charge in [-0.1, -0.05) is 41.9 Å². The third-order valence-corrected chi connectivity index (χ3v) is 7.43. The standard InChI is InChI=1S/C31H24ClN7O4/c32-23-11-12-27(39-19-33-35-36-39)22(17-23)10-13-29(41)37-15-14-26-25(18-38(34-26)24-4-2-1-3-5-24)30(37)28(40)16-20-6-8-21(9-7-20)31(42)43/h1-13,17-19,30H,14-16H2,(H,42,43)/b13-10+. The van der Waals surface area contributed by atoms with Gasteiger partial charge in [-0.15, -0.1) is 5.10 Å². The highest BCUT2D eigenvalue weighted by Crippen LogP contribution is 2.32. The van der Waals surface area contributed by atoms with E-state index in [0.29, 0.717) is 33.8 Å². The van der Waals surface area contributed by atoms with Crippen molar-refractivity contribution >= 4 is 35.3 Å². The lowest BCUT2D eigenvalue weighted by molar-refractivity contribution is -0.136. The number of para-hydroxylation sites is 1. The van der Waals surface area contributed by atoms with Crippen LogP contribution in [0.25, 0.3) is 17.5 Å². The number of carbonyl (C=O) groups excluding carboxylic acids is 2. The molecule has 6 rings (SSSR count). The molecule has 0 saturated carbocycles. The highest BCUT2D eigenvalue weighted by atomic mass is 35.5. The fraction of sp³-hybridized carbons (Fsp3) is 0.129. The van der Waals surface area contributed by atoms with Gasteiger partial charge >= 0.3 is 5.97 Å². The Morgan fingerprint density at radius 1 is 1.00 bits per heavy atom. The predicted octanol–water partition coefficient (Wildman–Crippen LogP) is 4.15. The molecule has 1 aliphatic rings. The van der Waals surface area contributed by atoms with E-state index in [9.17, 15) is 19.5 Å². The first kappa shape index (κ1) is 27.7. The maximum Gasteiger partial charge on any atom is 0.335 e. The molecule has 214 valence electrons. The number of hydrogen-bond donors (Lipinski definition) is 1. The Hall–Kier alpha value is -5.42. The molecule has 0 aliphatic carbocycles. The number of aromatic carboxylic acids is 1. The molecular formula is C31H24ClN7O4. The lowest BCUT2D eigenvalue weighted by atomic mass is 9.92. The van der Waals surface area contributed by atoms with Crippen LogP contribution in [0.4, 0.5) is 0 Å². The first-order valence-electron chi connectivity index (χ1n) is 13.4. The lowest BCUT2D eigenvalue weighted by Gasteiger charge is -2.33. The van der Waals surface area contributed by atoms with E-state index in [4.69, 9.17) is 16.7 Å². The molecule has 1 unspecified atom stereocenters. The molecule has 2 aromatic heterocycles. The molecule has 5 aromatic rings. The van der Waals surface area contributed by atoms with Gasteiger partial charge in [0.2, 0.25) is 5.91 Å². The molecule has 0 saturated heterocycles. The number of fused-ring (bicyclic) bond motifs is 1. The van der Waals surface area contributed by atoms with Gasteiger partial charge in [0.1, 0.15) is 12.4 Å². The van der Waals surface area contributed by atoms with Crippen LogP contribution in [-0.4, -0.2) is 64.2 Å². The third-order valence-electron chi connectivity index (χ3n) is 7.20. The summed E-state index contributed by atoms with van der Waals surface area (Å²) in [6, 6.07) is 19.9. The van der Waals surface area contributed by atoms with Crippen molar-refractivity contribution in [3.05, 3.63) is 124 Å². The van der Waals surface area contributed by atoms with Crippen molar-refractivity contribution in [2.75, 3.05) is 6.54 Å². The zero-order valence-electron chi connectivity index (χ0n) is 22.6. The quantitative estimate of drug-likeness (QED) is 0.265. The molecule has 3 aromatic carbocycles. The largest absolute Gasteiger partial charge is 0.478 e. The summed E-state index contributed by atoms with van der Waals surface area (Å²) in [6.45, 7) is 0.283. The Morgan fingerprint density at radius 2 is 1.79 bits per heavy atom. The number of amides is 1. The monoisotopic (exact) mass is 593 g/mol. The van der Waals surface area contributed by atoms with Crippen molar-refractivity contribution in [2.24, 2.45) is 0 Å². The molecule has 11 nitrogen and oxygen atoms in total. The molecule has 1 atom stereocenters. The fourth-order valence-corrected chi connectivity index (χ4v) is 5.31. The number of rotatable bonds is 8. The number of hydrogen-bond acceptors (Lipinski definition) is 7. The van der Waals surface area contributed by atoms with Crippen LogP contribution in [0.5, 0.6) is 0 Å². The summed E-state index contributed by atoms with van der Waals surface area (Å²) < 4.78 is 3.19. The van der Waals surface area contributed by atoms with Crippen LogP contribution in [0.3, 0.4) is 0 Å². The highest BCUT2D eigenvalue weighted by Gasteiger charge is 2.37. The molecule has 0 bridgehead atoms. The van der Waals surface area contributed by atoms with Crippen molar-refractivity contribution in [1.82, 2.24) is 34.9 Å². The molecule has 0 spiro atoms. The number of ketones is 1. The number of aromatic nitrogens is 6. The minimum Gasteiger partial charge on any atom is -0.478 e. The molecule has 1 aliphatic heterocycles. The Labute approximate surface area is 250 Å². The molecule has 1 amide bonds. The van der Waals surface area contributed by atoms with Crippen molar-refractivity contribution in [3.63, 3.8) is 0 Å². The van der Waals surface area contributed by atoms with Gasteiger partial charge in [0.05, 0.1) is 22.6 Å². The number of carboxylic acid groups (broad SMARTS) is 1. The summed E-state index contributed by atoms with van der Waals surface area (Å²) in [4.78, 5) is 40.5. The number of Topliss-reactive ketones (excluding diaryl/α,β-unsaturated/α-hetero) is 1. The van der Waals surface area contributed by atoms with Crippen molar-refractivity contribution in [2.45, 2.75) is 18.9 Å². The minimum atomic E-state index is -1.05. The highest BCUT2D eigenvalue weighted by molar-refractivity contribution is 6.30. The average Bonchev–Trinajstić information content (AvgIpc) is 3.71. The minimum absolute atomic E-state index is 0.00571. The first-order chi connectivity index (χ1) is 20.9. The van der Waals surface area contributed by atoms with Gasteiger partial charge in [0.15, 0.2) is 5.78 Å². The molecule has 1 N–H and O–H groups in total. The van der Waals surface area contributed by atoms with E-state index in [1.807, 2.05) is 30.3 Å². The van der Waals surface area contributed by atoms with E-state index in [1.165, 1.54) is 29.2 Å². The van der Waals surface area contributed by atoms with Gasteiger partial charge in [-0.2, -0.15) is 9.78 Å². The van der Waals surface area contributed by atoms with Crippen LogP contribution >= 0.6 is 11.6 Å². The van der Waals surface area contributed by atoms with Gasteiger partial charge in [-0.25, -0.2) is 9.48 Å². The lowest BCUT2D eigenvalue weighted by Crippen LogP contribution is -2.43. The van der Waals surface area contributed by atoms with Gasteiger partial charge in [0, 0.05) is 47.8 Å². The second-order valence-corrected chi connectivity index (χ2v) is 10.4. The van der Waals surface area contributed by atoms with E-state index in [-0.39, 0.29) is 30.2 Å². The number of benzene rings is 3. The van der Waals surface area contributed by atoms with Crippen LogP contribution < -0.4 is 0 Å². The summed E-state index contributed by atoms with van der Waals surface area (Å²) >= 11 is 6.24. The normalized spacial score (nSPS) is 14.5. The van der Waals surface area contributed by atoms with Gasteiger partial charge in [-0.05, 0) is 64.5 Å². The zero-order chi connectivity index (χ0) is 29.9. The van der Waals surface area contributed by atoms with Crippen molar-refractivity contribution in [3.8, 4) is 11.4 Å². The van der Waals surface area contributed by atoms with Gasteiger partial charge in [-0.3, -0.25) is 9.59 Å². The zero-order valence-corrected chi connectivity index (χ0v) is 23.4. The second-order valence-electron chi connectivity index (χ2n) is 9.93. The molecule has 0 fully saturated rings. The Balaban J connectivity index is 1.33. The topological polar surface area (TPSA) is 136 Å².